The molecule has 0 bridgehead atoms. The van der Waals surface area contributed by atoms with Crippen LogP contribution in [0.5, 0.6) is 0 Å². The number of carbonyl (C=O) groups is 1. The molecule has 1 N–H and O–H groups in total. The molecule has 1 heterocycles. The first-order valence-electron chi connectivity index (χ1n) is 2.57. The van der Waals surface area contributed by atoms with E-state index in [1.54, 1.807) is 13.8 Å². The molecule has 1 fully saturated rings. The van der Waals surface area contributed by atoms with Gasteiger partial charge in [0.25, 0.3) is 11.1 Å². The number of hydrogen-bond donors (Lipinski definition) is 1. The van der Waals surface area contributed by atoms with E-state index in [9.17, 15) is 4.79 Å². The molecule has 1 amide bonds. The van der Waals surface area contributed by atoms with Crippen molar-refractivity contribution in [1.82, 2.24) is 5.32 Å². The summed E-state index contributed by atoms with van der Waals surface area (Å²) < 4.78 is 4.93. The highest BCUT2D eigenvalue weighted by Crippen LogP contribution is 2.14. The van der Waals surface area contributed by atoms with Gasteiger partial charge in [-0.3, -0.25) is 10.1 Å². The standard InChI is InChI=1S/C5H7NO2S/c1-5(2)3(7)6-4(9)8-5/h1-2H3,(H,6,7,9). The summed E-state index contributed by atoms with van der Waals surface area (Å²) >= 11 is 4.59. The highest BCUT2D eigenvalue weighted by atomic mass is 32.1. The molecule has 1 rings (SSSR count). The van der Waals surface area contributed by atoms with Crippen LogP contribution in [0, 0.1) is 0 Å². The Bertz CT molecular complexity index is 176. The Morgan fingerprint density at radius 1 is 1.67 bits per heavy atom. The summed E-state index contributed by atoms with van der Waals surface area (Å²) in [5, 5.41) is 2.55. The number of rotatable bonds is 0. The van der Waals surface area contributed by atoms with E-state index < -0.39 is 5.60 Å². The molecular formula is C5H7NO2S. The highest BCUT2D eigenvalue weighted by Gasteiger charge is 2.37. The third-order valence-corrected chi connectivity index (χ3v) is 1.30. The van der Waals surface area contributed by atoms with Gasteiger partial charge in [0.05, 0.1) is 0 Å². The molecule has 0 aromatic heterocycles. The van der Waals surface area contributed by atoms with Crippen LogP contribution in [-0.2, 0) is 9.53 Å². The van der Waals surface area contributed by atoms with Gasteiger partial charge in [0.15, 0.2) is 5.60 Å². The Kier molecular flexibility index (Phi) is 1.20. The number of thiocarbonyl (C=S) groups is 1. The summed E-state index contributed by atoms with van der Waals surface area (Å²) in [6.07, 6.45) is 0. The Labute approximate surface area is 58.4 Å². The SMILES string of the molecule is CC1(C)OC(=S)NC1=O. The maximum Gasteiger partial charge on any atom is 0.271 e. The Hall–Kier alpha value is -0.640. The lowest BCUT2D eigenvalue weighted by atomic mass is 10.1. The van der Waals surface area contributed by atoms with E-state index in [1.165, 1.54) is 0 Å². The zero-order valence-corrected chi connectivity index (χ0v) is 6.04. The average Bonchev–Trinajstić information content (AvgIpc) is 1.79. The largest absolute Gasteiger partial charge is 0.455 e. The van der Waals surface area contributed by atoms with Crippen molar-refractivity contribution in [3.05, 3.63) is 0 Å². The predicted molar refractivity (Wildman–Crippen MR) is 35.9 cm³/mol. The van der Waals surface area contributed by atoms with Crippen LogP contribution in [0.25, 0.3) is 0 Å². The maximum absolute atomic E-state index is 10.8. The van der Waals surface area contributed by atoms with Crippen LogP contribution in [0.15, 0.2) is 0 Å². The quantitative estimate of drug-likeness (QED) is 0.495. The number of nitrogens with one attached hydrogen (secondary N) is 1. The molecule has 1 aliphatic heterocycles. The van der Waals surface area contributed by atoms with Gasteiger partial charge in [0.1, 0.15) is 0 Å². The maximum atomic E-state index is 10.8. The molecule has 3 nitrogen and oxygen atoms in total. The van der Waals surface area contributed by atoms with E-state index in [0.717, 1.165) is 0 Å². The van der Waals surface area contributed by atoms with Crippen LogP contribution in [0.4, 0.5) is 0 Å². The molecule has 0 radical (unpaired) electrons. The molecule has 0 unspecified atom stereocenters. The van der Waals surface area contributed by atoms with Crippen molar-refractivity contribution >= 4 is 23.3 Å². The number of hydrogen-bond acceptors (Lipinski definition) is 3. The fourth-order valence-electron chi connectivity index (χ4n) is 0.547. The van der Waals surface area contributed by atoms with Gasteiger partial charge in [0.2, 0.25) is 0 Å². The Morgan fingerprint density at radius 2 is 2.22 bits per heavy atom. The number of carbonyl (C=O) groups excluding carboxylic acids is 1. The second kappa shape index (κ2) is 1.67. The summed E-state index contributed by atoms with van der Waals surface area (Å²) in [4.78, 5) is 10.8. The Morgan fingerprint density at radius 3 is 2.33 bits per heavy atom. The van der Waals surface area contributed by atoms with Gasteiger partial charge in [-0.1, -0.05) is 0 Å². The molecule has 0 aromatic carbocycles. The summed E-state index contributed by atoms with van der Waals surface area (Å²) in [6, 6.07) is 0. The van der Waals surface area contributed by atoms with Crippen LogP contribution in [0.1, 0.15) is 13.8 Å². The fraction of sp³-hybridized carbons (Fsp3) is 0.600. The minimum atomic E-state index is -0.767. The van der Waals surface area contributed by atoms with E-state index in [4.69, 9.17) is 4.74 Å². The van der Waals surface area contributed by atoms with Crippen molar-refractivity contribution in [3.63, 3.8) is 0 Å². The van der Waals surface area contributed by atoms with Gasteiger partial charge in [-0.2, -0.15) is 0 Å². The van der Waals surface area contributed by atoms with Gasteiger partial charge in [-0.15, -0.1) is 0 Å². The fourth-order valence-corrected chi connectivity index (χ4v) is 0.848. The molecule has 0 aliphatic carbocycles. The first kappa shape index (κ1) is 6.48. The molecule has 4 heteroatoms. The first-order chi connectivity index (χ1) is 4.02. The topological polar surface area (TPSA) is 38.3 Å². The molecule has 0 aromatic rings. The highest BCUT2D eigenvalue weighted by molar-refractivity contribution is 7.80. The molecule has 9 heavy (non-hydrogen) atoms. The van der Waals surface area contributed by atoms with Crippen molar-refractivity contribution in [3.8, 4) is 0 Å². The monoisotopic (exact) mass is 145 g/mol. The average molecular weight is 145 g/mol. The van der Waals surface area contributed by atoms with Gasteiger partial charge in [-0.05, 0) is 26.1 Å². The zero-order valence-electron chi connectivity index (χ0n) is 5.22. The van der Waals surface area contributed by atoms with Crippen LogP contribution >= 0.6 is 12.2 Å². The van der Waals surface area contributed by atoms with Crippen molar-refractivity contribution < 1.29 is 9.53 Å². The lowest BCUT2D eigenvalue weighted by Gasteiger charge is -2.10. The van der Waals surface area contributed by atoms with Gasteiger partial charge in [0, 0.05) is 0 Å². The van der Waals surface area contributed by atoms with E-state index in [-0.39, 0.29) is 11.1 Å². The minimum absolute atomic E-state index is 0.171. The number of ether oxygens (including phenoxy) is 1. The second-order valence-electron chi connectivity index (χ2n) is 2.35. The molecule has 1 saturated heterocycles. The number of amides is 1. The van der Waals surface area contributed by atoms with Crippen LogP contribution in [-0.4, -0.2) is 16.7 Å². The van der Waals surface area contributed by atoms with Gasteiger partial charge in [-0.25, -0.2) is 0 Å². The van der Waals surface area contributed by atoms with Crippen LogP contribution < -0.4 is 5.32 Å². The predicted octanol–water partition coefficient (Wildman–Crippen LogP) is 0.196. The van der Waals surface area contributed by atoms with Crippen LogP contribution in [0.3, 0.4) is 0 Å². The minimum Gasteiger partial charge on any atom is -0.455 e. The molecule has 1 aliphatic rings. The van der Waals surface area contributed by atoms with E-state index in [2.05, 4.69) is 17.5 Å². The smallest absolute Gasteiger partial charge is 0.271 e. The van der Waals surface area contributed by atoms with Crippen LogP contribution in [0.2, 0.25) is 0 Å². The molecular weight excluding hydrogens is 138 g/mol. The van der Waals surface area contributed by atoms with Crippen molar-refractivity contribution in [1.29, 1.82) is 0 Å². The summed E-state index contributed by atoms with van der Waals surface area (Å²) in [5.74, 6) is -0.174. The molecule has 0 saturated carbocycles. The molecule has 50 valence electrons. The second-order valence-corrected chi connectivity index (χ2v) is 2.72. The van der Waals surface area contributed by atoms with E-state index >= 15 is 0 Å². The van der Waals surface area contributed by atoms with Gasteiger partial charge < -0.3 is 4.74 Å². The normalized spacial score (nSPS) is 23.3. The third-order valence-electron chi connectivity index (χ3n) is 1.11. The first-order valence-corrected chi connectivity index (χ1v) is 2.97. The third kappa shape index (κ3) is 1.03. The van der Waals surface area contributed by atoms with E-state index in [1.807, 2.05) is 0 Å². The van der Waals surface area contributed by atoms with Crippen molar-refractivity contribution in [2.75, 3.05) is 0 Å². The van der Waals surface area contributed by atoms with Crippen molar-refractivity contribution in [2.24, 2.45) is 0 Å². The lowest BCUT2D eigenvalue weighted by molar-refractivity contribution is -0.128. The van der Waals surface area contributed by atoms with E-state index in [0.29, 0.717) is 0 Å². The van der Waals surface area contributed by atoms with Gasteiger partial charge >= 0.3 is 0 Å². The summed E-state index contributed by atoms with van der Waals surface area (Å²) in [5.41, 5.74) is -0.767. The summed E-state index contributed by atoms with van der Waals surface area (Å²) in [6.45, 7) is 3.34. The Balaban J connectivity index is 2.81. The lowest BCUT2D eigenvalue weighted by Crippen LogP contribution is -2.32. The molecule has 0 spiro atoms. The molecule has 0 atom stereocenters. The zero-order chi connectivity index (χ0) is 7.07. The summed E-state index contributed by atoms with van der Waals surface area (Å²) in [7, 11) is 0. The van der Waals surface area contributed by atoms with Crippen molar-refractivity contribution in [2.45, 2.75) is 19.4 Å².